The summed E-state index contributed by atoms with van der Waals surface area (Å²) in [5.74, 6) is -0.183. The van der Waals surface area contributed by atoms with Gasteiger partial charge in [0.05, 0.1) is 5.57 Å². The van der Waals surface area contributed by atoms with Gasteiger partial charge in [0, 0.05) is 0 Å². The molecule has 1 atom stereocenters. The highest BCUT2D eigenvalue weighted by atomic mass is 16.4. The molecule has 1 aromatic rings. The number of carbonyl (C=O) groups is 1. The van der Waals surface area contributed by atoms with Crippen LogP contribution in [0.15, 0.2) is 35.9 Å². The standard InChI is InChI=1S/C15H18O2/c1-11-6-5-9-13(10-11)14(15(16)17)12-7-3-2-4-8-12/h2-4,7-8,11H,5-6,9-10H2,1H3,(H,16,17). The molecule has 0 amide bonds. The number of aliphatic carboxylic acids is 1. The van der Waals surface area contributed by atoms with E-state index in [1.807, 2.05) is 30.3 Å². The van der Waals surface area contributed by atoms with Crippen molar-refractivity contribution in [2.24, 2.45) is 5.92 Å². The summed E-state index contributed by atoms with van der Waals surface area (Å²) in [6.07, 6.45) is 4.18. The molecule has 0 heterocycles. The summed E-state index contributed by atoms with van der Waals surface area (Å²) in [6, 6.07) is 9.47. The van der Waals surface area contributed by atoms with Crippen LogP contribution in [0.3, 0.4) is 0 Å². The molecule has 2 rings (SSSR count). The summed E-state index contributed by atoms with van der Waals surface area (Å²) < 4.78 is 0. The third-order valence-corrected chi connectivity index (χ3v) is 3.40. The van der Waals surface area contributed by atoms with Crippen molar-refractivity contribution in [2.45, 2.75) is 32.6 Å². The lowest BCUT2D eigenvalue weighted by Gasteiger charge is -2.22. The van der Waals surface area contributed by atoms with Crippen molar-refractivity contribution in [1.82, 2.24) is 0 Å². The second kappa shape index (κ2) is 5.17. The van der Waals surface area contributed by atoms with Crippen LogP contribution in [0.2, 0.25) is 0 Å². The van der Waals surface area contributed by atoms with E-state index in [1.165, 1.54) is 6.42 Å². The Kier molecular flexibility index (Phi) is 3.62. The molecule has 1 aliphatic rings. The minimum Gasteiger partial charge on any atom is -0.478 e. The minimum atomic E-state index is -0.791. The van der Waals surface area contributed by atoms with E-state index in [0.29, 0.717) is 11.5 Å². The van der Waals surface area contributed by atoms with Gasteiger partial charge in [-0.25, -0.2) is 4.79 Å². The van der Waals surface area contributed by atoms with Gasteiger partial charge in [-0.3, -0.25) is 0 Å². The summed E-state index contributed by atoms with van der Waals surface area (Å²) in [5, 5.41) is 9.41. The van der Waals surface area contributed by atoms with E-state index in [0.717, 1.165) is 30.4 Å². The van der Waals surface area contributed by atoms with E-state index < -0.39 is 5.97 Å². The molecule has 0 spiro atoms. The highest BCUT2D eigenvalue weighted by Gasteiger charge is 2.21. The van der Waals surface area contributed by atoms with E-state index in [9.17, 15) is 9.90 Å². The van der Waals surface area contributed by atoms with Crippen LogP contribution in [-0.2, 0) is 4.79 Å². The lowest BCUT2D eigenvalue weighted by atomic mass is 9.83. The van der Waals surface area contributed by atoms with Gasteiger partial charge in [0.25, 0.3) is 0 Å². The molecule has 0 saturated heterocycles. The van der Waals surface area contributed by atoms with E-state index in [1.54, 1.807) is 0 Å². The molecule has 17 heavy (non-hydrogen) atoms. The Hall–Kier alpha value is -1.57. The Bertz CT molecular complexity index is 431. The molecular weight excluding hydrogens is 212 g/mol. The maximum atomic E-state index is 11.4. The monoisotopic (exact) mass is 230 g/mol. The molecule has 0 radical (unpaired) electrons. The van der Waals surface area contributed by atoms with Crippen molar-refractivity contribution in [1.29, 1.82) is 0 Å². The molecule has 0 bridgehead atoms. The molecular formula is C15H18O2. The molecule has 1 N–H and O–H groups in total. The first kappa shape index (κ1) is 11.9. The maximum Gasteiger partial charge on any atom is 0.336 e. The Balaban J connectivity index is 2.41. The largest absolute Gasteiger partial charge is 0.478 e. The lowest BCUT2D eigenvalue weighted by molar-refractivity contribution is -0.130. The van der Waals surface area contributed by atoms with Gasteiger partial charge in [-0.2, -0.15) is 0 Å². The quantitative estimate of drug-likeness (QED) is 0.786. The number of carboxylic acid groups (broad SMARTS) is 1. The highest BCUT2D eigenvalue weighted by molar-refractivity contribution is 6.16. The second-order valence-corrected chi connectivity index (χ2v) is 4.85. The van der Waals surface area contributed by atoms with Crippen molar-refractivity contribution in [3.63, 3.8) is 0 Å². The summed E-state index contributed by atoms with van der Waals surface area (Å²) in [6.45, 7) is 2.20. The van der Waals surface area contributed by atoms with Crippen LogP contribution in [0.25, 0.3) is 5.57 Å². The van der Waals surface area contributed by atoms with Gasteiger partial charge in [-0.1, -0.05) is 49.2 Å². The van der Waals surface area contributed by atoms with Gasteiger partial charge < -0.3 is 5.11 Å². The van der Waals surface area contributed by atoms with Crippen LogP contribution >= 0.6 is 0 Å². The zero-order chi connectivity index (χ0) is 12.3. The molecule has 1 aromatic carbocycles. The Labute approximate surface area is 102 Å². The third kappa shape index (κ3) is 2.76. The molecule has 0 aromatic heterocycles. The Morgan fingerprint density at radius 3 is 2.59 bits per heavy atom. The van der Waals surface area contributed by atoms with Crippen molar-refractivity contribution in [3.05, 3.63) is 41.5 Å². The number of carboxylic acids is 1. The van der Waals surface area contributed by atoms with Crippen molar-refractivity contribution < 1.29 is 9.90 Å². The molecule has 1 unspecified atom stereocenters. The fourth-order valence-corrected chi connectivity index (χ4v) is 2.60. The van der Waals surface area contributed by atoms with Crippen molar-refractivity contribution in [2.75, 3.05) is 0 Å². The predicted molar refractivity (Wildman–Crippen MR) is 68.6 cm³/mol. The van der Waals surface area contributed by atoms with Gasteiger partial charge in [0.2, 0.25) is 0 Å². The van der Waals surface area contributed by atoms with Gasteiger partial charge in [0.15, 0.2) is 0 Å². The van der Waals surface area contributed by atoms with E-state index in [4.69, 9.17) is 0 Å². The number of rotatable bonds is 2. The molecule has 0 aliphatic heterocycles. The zero-order valence-electron chi connectivity index (χ0n) is 10.1. The third-order valence-electron chi connectivity index (χ3n) is 3.40. The first-order chi connectivity index (χ1) is 8.18. The predicted octanol–water partition coefficient (Wildman–Crippen LogP) is 3.73. The first-order valence-electron chi connectivity index (χ1n) is 6.19. The average Bonchev–Trinajstić information content (AvgIpc) is 2.30. The maximum absolute atomic E-state index is 11.4. The van der Waals surface area contributed by atoms with Crippen LogP contribution in [-0.4, -0.2) is 11.1 Å². The van der Waals surface area contributed by atoms with E-state index >= 15 is 0 Å². The average molecular weight is 230 g/mol. The van der Waals surface area contributed by atoms with Crippen LogP contribution in [0.5, 0.6) is 0 Å². The topological polar surface area (TPSA) is 37.3 Å². The SMILES string of the molecule is CC1CCCC(=C(C(=O)O)c2ccccc2)C1. The van der Waals surface area contributed by atoms with Crippen molar-refractivity contribution >= 4 is 11.5 Å². The van der Waals surface area contributed by atoms with Crippen LogP contribution < -0.4 is 0 Å². The van der Waals surface area contributed by atoms with Crippen molar-refractivity contribution in [3.8, 4) is 0 Å². The summed E-state index contributed by atoms with van der Waals surface area (Å²) >= 11 is 0. The molecule has 1 saturated carbocycles. The minimum absolute atomic E-state index is 0.525. The number of allylic oxidation sites excluding steroid dienone is 1. The number of hydrogen-bond acceptors (Lipinski definition) is 1. The molecule has 1 fully saturated rings. The molecule has 2 nitrogen and oxygen atoms in total. The Morgan fingerprint density at radius 2 is 2.00 bits per heavy atom. The van der Waals surface area contributed by atoms with Crippen LogP contribution in [0.4, 0.5) is 0 Å². The number of hydrogen-bond donors (Lipinski definition) is 1. The molecule has 1 aliphatic carbocycles. The van der Waals surface area contributed by atoms with Gasteiger partial charge in [0.1, 0.15) is 0 Å². The van der Waals surface area contributed by atoms with Gasteiger partial charge in [-0.15, -0.1) is 0 Å². The second-order valence-electron chi connectivity index (χ2n) is 4.85. The molecule has 2 heteroatoms. The fraction of sp³-hybridized carbons (Fsp3) is 0.400. The normalized spacial score (nSPS) is 23.2. The summed E-state index contributed by atoms with van der Waals surface area (Å²) in [5.41, 5.74) is 2.48. The summed E-state index contributed by atoms with van der Waals surface area (Å²) in [4.78, 5) is 11.4. The molecule has 90 valence electrons. The first-order valence-corrected chi connectivity index (χ1v) is 6.19. The number of benzene rings is 1. The van der Waals surface area contributed by atoms with Gasteiger partial charge >= 0.3 is 5.97 Å². The Morgan fingerprint density at radius 1 is 1.29 bits per heavy atom. The van der Waals surface area contributed by atoms with Crippen LogP contribution in [0, 0.1) is 5.92 Å². The lowest BCUT2D eigenvalue weighted by Crippen LogP contribution is -2.11. The smallest absolute Gasteiger partial charge is 0.336 e. The fourth-order valence-electron chi connectivity index (χ4n) is 2.60. The van der Waals surface area contributed by atoms with Crippen LogP contribution in [0.1, 0.15) is 38.2 Å². The van der Waals surface area contributed by atoms with E-state index in [2.05, 4.69) is 6.92 Å². The zero-order valence-corrected chi connectivity index (χ0v) is 10.1. The van der Waals surface area contributed by atoms with E-state index in [-0.39, 0.29) is 0 Å². The summed E-state index contributed by atoms with van der Waals surface area (Å²) in [7, 11) is 0. The van der Waals surface area contributed by atoms with Gasteiger partial charge in [-0.05, 0) is 30.7 Å². The highest BCUT2D eigenvalue weighted by Crippen LogP contribution is 2.33.